The number of ether oxygens (including phenoxy) is 1. The fraction of sp³-hybridized carbons (Fsp3) is 0.500. The van der Waals surface area contributed by atoms with E-state index >= 15 is 0 Å². The molecule has 1 saturated carbocycles. The van der Waals surface area contributed by atoms with Gasteiger partial charge in [0.1, 0.15) is 5.60 Å². The number of rotatable bonds is 2. The molecule has 1 aromatic carbocycles. The zero-order valence-corrected chi connectivity index (χ0v) is 13.4. The summed E-state index contributed by atoms with van der Waals surface area (Å²) in [5.41, 5.74) is 1.01. The van der Waals surface area contributed by atoms with E-state index in [1.165, 1.54) is 7.11 Å². The number of carbonyl (C=O) groups excluding carboxylic acids is 1. The van der Waals surface area contributed by atoms with Crippen molar-refractivity contribution >= 4 is 6.09 Å². The monoisotopic (exact) mass is 301 g/mol. The Morgan fingerprint density at radius 2 is 2.32 bits per heavy atom. The molecule has 0 spiro atoms. The van der Waals surface area contributed by atoms with Crippen molar-refractivity contribution in [3.05, 3.63) is 35.4 Å². The highest BCUT2D eigenvalue weighted by molar-refractivity contribution is 5.67. The van der Waals surface area contributed by atoms with E-state index in [0.29, 0.717) is 19.4 Å². The van der Waals surface area contributed by atoms with Gasteiger partial charge in [-0.1, -0.05) is 24.0 Å². The number of amides is 1. The quantitative estimate of drug-likeness (QED) is 0.855. The second kappa shape index (κ2) is 6.85. The summed E-state index contributed by atoms with van der Waals surface area (Å²) in [4.78, 5) is 13.4. The van der Waals surface area contributed by atoms with Crippen molar-refractivity contribution in [3.8, 4) is 11.8 Å². The molecule has 4 heteroatoms. The normalized spacial score (nSPS) is 23.5. The molecule has 0 heterocycles. The number of methoxy groups -OCH3 is 1. The third-order valence-corrected chi connectivity index (χ3v) is 4.11. The highest BCUT2D eigenvalue weighted by atomic mass is 16.5. The Hall–Kier alpha value is -1.99. The van der Waals surface area contributed by atoms with Crippen LogP contribution in [-0.2, 0) is 4.74 Å². The molecule has 1 N–H and O–H groups in total. The molecule has 1 aliphatic rings. The molecule has 1 amide bonds. The molecular formula is C18H23NO3. The van der Waals surface area contributed by atoms with Crippen LogP contribution < -0.4 is 0 Å². The first kappa shape index (κ1) is 16.4. The van der Waals surface area contributed by atoms with Crippen LogP contribution in [0.1, 0.15) is 37.3 Å². The summed E-state index contributed by atoms with van der Waals surface area (Å²) in [6.07, 6.45) is 1.43. The average Bonchev–Trinajstić information content (AvgIpc) is 2.89. The predicted octanol–water partition coefficient (Wildman–Crippen LogP) is 2.72. The van der Waals surface area contributed by atoms with E-state index in [-0.39, 0.29) is 12.1 Å². The first-order valence-electron chi connectivity index (χ1n) is 7.64. The van der Waals surface area contributed by atoms with Gasteiger partial charge in [0.15, 0.2) is 0 Å². The lowest BCUT2D eigenvalue weighted by atomic mass is 10.0. The number of aliphatic hydroxyl groups is 1. The van der Waals surface area contributed by atoms with E-state index < -0.39 is 5.60 Å². The molecule has 1 aromatic rings. The van der Waals surface area contributed by atoms with E-state index in [2.05, 4.69) is 11.8 Å². The first-order valence-corrected chi connectivity index (χ1v) is 7.64. The van der Waals surface area contributed by atoms with Crippen LogP contribution in [0.3, 0.4) is 0 Å². The predicted molar refractivity (Wildman–Crippen MR) is 85.4 cm³/mol. The maximum Gasteiger partial charge on any atom is 0.409 e. The fourth-order valence-electron chi connectivity index (χ4n) is 2.94. The van der Waals surface area contributed by atoms with Crippen molar-refractivity contribution in [1.82, 2.24) is 4.90 Å². The van der Waals surface area contributed by atoms with Gasteiger partial charge in [0.25, 0.3) is 0 Å². The Labute approximate surface area is 132 Å². The van der Waals surface area contributed by atoms with Crippen LogP contribution in [-0.4, -0.2) is 41.4 Å². The van der Waals surface area contributed by atoms with Crippen molar-refractivity contribution < 1.29 is 14.6 Å². The highest BCUT2D eigenvalue weighted by Gasteiger charge is 2.40. The minimum atomic E-state index is -1.03. The summed E-state index contributed by atoms with van der Waals surface area (Å²) >= 11 is 0. The van der Waals surface area contributed by atoms with Gasteiger partial charge < -0.3 is 14.7 Å². The van der Waals surface area contributed by atoms with E-state index in [0.717, 1.165) is 17.5 Å². The summed E-state index contributed by atoms with van der Waals surface area (Å²) in [5.74, 6) is 6.05. The summed E-state index contributed by atoms with van der Waals surface area (Å²) in [6, 6.07) is 7.88. The molecule has 0 aromatic heterocycles. The molecular weight excluding hydrogens is 278 g/mol. The lowest BCUT2D eigenvalue weighted by Crippen LogP contribution is -2.40. The number of nitrogens with zero attached hydrogens (tertiary/aromatic N) is 1. The average molecular weight is 301 g/mol. The summed E-state index contributed by atoms with van der Waals surface area (Å²) in [6.45, 7) is 4.49. The van der Waals surface area contributed by atoms with Crippen molar-refractivity contribution in [3.63, 3.8) is 0 Å². The molecule has 118 valence electrons. The summed E-state index contributed by atoms with van der Waals surface area (Å²) < 4.78 is 4.80. The van der Waals surface area contributed by atoms with Crippen molar-refractivity contribution in [2.45, 2.75) is 44.8 Å². The Morgan fingerprint density at radius 3 is 2.95 bits per heavy atom. The molecule has 0 radical (unpaired) electrons. The van der Waals surface area contributed by atoms with E-state index in [4.69, 9.17) is 4.74 Å². The largest absolute Gasteiger partial charge is 0.453 e. The first-order chi connectivity index (χ1) is 10.5. The van der Waals surface area contributed by atoms with E-state index in [1.54, 1.807) is 4.90 Å². The fourth-order valence-corrected chi connectivity index (χ4v) is 2.94. The molecule has 4 nitrogen and oxygen atoms in total. The number of benzene rings is 1. The minimum absolute atomic E-state index is 0.0192. The van der Waals surface area contributed by atoms with Gasteiger partial charge in [-0.05, 0) is 44.4 Å². The van der Waals surface area contributed by atoms with Crippen LogP contribution in [0.15, 0.2) is 24.3 Å². The SMILES string of the molecule is CCN(C(=O)OC)C1CCC(O)(C#Cc2cccc(C)c2)C1. The van der Waals surface area contributed by atoms with Crippen LogP contribution in [0.2, 0.25) is 0 Å². The van der Waals surface area contributed by atoms with Crippen LogP contribution in [0.25, 0.3) is 0 Å². The molecule has 2 atom stereocenters. The van der Waals surface area contributed by atoms with Crippen molar-refractivity contribution in [2.24, 2.45) is 0 Å². The second-order valence-corrected chi connectivity index (χ2v) is 5.80. The number of aryl methyl sites for hydroxylation is 1. The van der Waals surface area contributed by atoms with Crippen LogP contribution in [0.4, 0.5) is 4.79 Å². The number of hydrogen-bond acceptors (Lipinski definition) is 3. The van der Waals surface area contributed by atoms with Crippen molar-refractivity contribution in [2.75, 3.05) is 13.7 Å². The van der Waals surface area contributed by atoms with E-state index in [9.17, 15) is 9.90 Å². The molecule has 2 unspecified atom stereocenters. The summed E-state index contributed by atoms with van der Waals surface area (Å²) in [7, 11) is 1.38. The lowest BCUT2D eigenvalue weighted by molar-refractivity contribution is 0.0841. The number of hydrogen-bond donors (Lipinski definition) is 1. The van der Waals surface area contributed by atoms with E-state index in [1.807, 2.05) is 38.1 Å². The van der Waals surface area contributed by atoms with Gasteiger partial charge in [0, 0.05) is 24.6 Å². The standard InChI is InChI=1S/C18H23NO3/c1-4-19(17(20)22-3)16-9-11-18(21,13-16)10-8-15-7-5-6-14(2)12-15/h5-7,12,16,21H,4,9,11,13H2,1-3H3. The maximum atomic E-state index is 11.7. The molecule has 1 aliphatic carbocycles. The van der Waals surface area contributed by atoms with Gasteiger partial charge in [-0.25, -0.2) is 4.79 Å². The second-order valence-electron chi connectivity index (χ2n) is 5.80. The van der Waals surface area contributed by atoms with Crippen LogP contribution in [0, 0.1) is 18.8 Å². The van der Waals surface area contributed by atoms with Crippen LogP contribution in [0.5, 0.6) is 0 Å². The zero-order valence-electron chi connectivity index (χ0n) is 13.4. The smallest absolute Gasteiger partial charge is 0.409 e. The zero-order chi connectivity index (χ0) is 16.2. The molecule has 0 bridgehead atoms. The Balaban J connectivity index is 2.09. The van der Waals surface area contributed by atoms with Crippen LogP contribution >= 0.6 is 0 Å². The molecule has 1 fully saturated rings. The molecule has 0 aliphatic heterocycles. The third-order valence-electron chi connectivity index (χ3n) is 4.11. The molecule has 0 saturated heterocycles. The highest BCUT2D eigenvalue weighted by Crippen LogP contribution is 2.33. The topological polar surface area (TPSA) is 49.8 Å². The Kier molecular flexibility index (Phi) is 5.10. The Bertz CT molecular complexity index is 602. The van der Waals surface area contributed by atoms with Gasteiger partial charge >= 0.3 is 6.09 Å². The maximum absolute atomic E-state index is 11.7. The third kappa shape index (κ3) is 3.80. The molecule has 2 rings (SSSR count). The van der Waals surface area contributed by atoms with Gasteiger partial charge in [0.05, 0.1) is 7.11 Å². The summed E-state index contributed by atoms with van der Waals surface area (Å²) in [5, 5.41) is 10.6. The lowest BCUT2D eigenvalue weighted by Gasteiger charge is -2.26. The van der Waals surface area contributed by atoms with Gasteiger partial charge in [0.2, 0.25) is 0 Å². The number of carbonyl (C=O) groups is 1. The van der Waals surface area contributed by atoms with Gasteiger partial charge in [-0.3, -0.25) is 0 Å². The minimum Gasteiger partial charge on any atom is -0.453 e. The van der Waals surface area contributed by atoms with Gasteiger partial charge in [-0.2, -0.15) is 0 Å². The molecule has 22 heavy (non-hydrogen) atoms. The Morgan fingerprint density at radius 1 is 1.55 bits per heavy atom. The van der Waals surface area contributed by atoms with Gasteiger partial charge in [-0.15, -0.1) is 0 Å². The van der Waals surface area contributed by atoms with Crippen molar-refractivity contribution in [1.29, 1.82) is 0 Å².